The number of hydrogen-bond acceptors (Lipinski definition) is 2. The van der Waals surface area contributed by atoms with Crippen LogP contribution >= 0.6 is 0 Å². The average molecular weight is 266 g/mol. The summed E-state index contributed by atoms with van der Waals surface area (Å²) in [5.41, 5.74) is 10.4. The van der Waals surface area contributed by atoms with Gasteiger partial charge in [-0.05, 0) is 18.1 Å². The molecule has 1 aliphatic rings. The summed E-state index contributed by atoms with van der Waals surface area (Å²) in [6.45, 7) is 5.16. The lowest BCUT2D eigenvalue weighted by atomic mass is 9.94. The number of nitrogens with zero attached hydrogens (tertiary/aromatic N) is 1. The summed E-state index contributed by atoms with van der Waals surface area (Å²) < 4.78 is 0. The van der Waals surface area contributed by atoms with Gasteiger partial charge in [-0.1, -0.05) is 60.2 Å². The summed E-state index contributed by atoms with van der Waals surface area (Å²) in [6.07, 6.45) is 0. The van der Waals surface area contributed by atoms with Crippen LogP contribution in [-0.4, -0.2) is 24.0 Å². The summed E-state index contributed by atoms with van der Waals surface area (Å²) in [5, 5.41) is 0. The zero-order valence-corrected chi connectivity index (χ0v) is 12.0. The molecule has 20 heavy (non-hydrogen) atoms. The van der Waals surface area contributed by atoms with E-state index >= 15 is 0 Å². The van der Waals surface area contributed by atoms with Crippen molar-refractivity contribution in [3.05, 3.63) is 71.3 Å². The maximum absolute atomic E-state index is 6.35. The second-order valence-corrected chi connectivity index (χ2v) is 5.86. The zero-order valence-electron chi connectivity index (χ0n) is 12.0. The molecule has 0 amide bonds. The first kappa shape index (κ1) is 13.3. The van der Waals surface area contributed by atoms with Gasteiger partial charge in [0.2, 0.25) is 0 Å². The molecule has 2 N–H and O–H groups in total. The molecule has 3 rings (SSSR count). The van der Waals surface area contributed by atoms with Gasteiger partial charge in [-0.25, -0.2) is 0 Å². The molecule has 104 valence electrons. The molecule has 2 heteroatoms. The number of hydrogen-bond donors (Lipinski definition) is 1. The van der Waals surface area contributed by atoms with Crippen LogP contribution in [0, 0.1) is 6.92 Å². The van der Waals surface area contributed by atoms with Crippen LogP contribution in [0.2, 0.25) is 0 Å². The van der Waals surface area contributed by atoms with E-state index in [1.165, 1.54) is 16.7 Å². The number of rotatable bonds is 3. The number of aryl methyl sites for hydroxylation is 1. The highest BCUT2D eigenvalue weighted by molar-refractivity contribution is 5.27. The van der Waals surface area contributed by atoms with Crippen molar-refractivity contribution in [2.45, 2.75) is 25.4 Å². The Kier molecular flexibility index (Phi) is 3.86. The van der Waals surface area contributed by atoms with E-state index in [-0.39, 0.29) is 6.04 Å². The molecule has 1 heterocycles. The van der Waals surface area contributed by atoms with Crippen LogP contribution < -0.4 is 5.73 Å². The summed E-state index contributed by atoms with van der Waals surface area (Å²) in [5.74, 6) is 0.458. The van der Waals surface area contributed by atoms with E-state index in [1.807, 2.05) is 0 Å². The van der Waals surface area contributed by atoms with E-state index in [0.717, 1.165) is 19.6 Å². The van der Waals surface area contributed by atoms with Crippen LogP contribution in [0.25, 0.3) is 0 Å². The van der Waals surface area contributed by atoms with Crippen LogP contribution in [0.1, 0.15) is 22.6 Å². The summed E-state index contributed by atoms with van der Waals surface area (Å²) in [4.78, 5) is 2.46. The summed E-state index contributed by atoms with van der Waals surface area (Å²) in [7, 11) is 0. The summed E-state index contributed by atoms with van der Waals surface area (Å²) >= 11 is 0. The Bertz CT molecular complexity index is 547. The Balaban J connectivity index is 1.69. The molecule has 0 saturated carbocycles. The lowest BCUT2D eigenvalue weighted by Gasteiger charge is -2.16. The van der Waals surface area contributed by atoms with Crippen LogP contribution in [0.4, 0.5) is 0 Å². The number of benzene rings is 2. The van der Waals surface area contributed by atoms with Crippen LogP contribution in [-0.2, 0) is 6.54 Å². The topological polar surface area (TPSA) is 29.3 Å². The molecule has 0 radical (unpaired) electrons. The fourth-order valence-electron chi connectivity index (χ4n) is 3.05. The minimum Gasteiger partial charge on any atom is -0.326 e. The van der Waals surface area contributed by atoms with Crippen LogP contribution in [0.5, 0.6) is 0 Å². The van der Waals surface area contributed by atoms with E-state index < -0.39 is 0 Å². The molecule has 1 fully saturated rings. The molecule has 0 aromatic heterocycles. The smallest absolute Gasteiger partial charge is 0.0250 e. The SMILES string of the molecule is Cc1ccc([C@H]2CN(Cc3ccccc3)C[C@@H]2N)cc1. The maximum Gasteiger partial charge on any atom is 0.0250 e. The molecule has 0 spiro atoms. The Labute approximate surface area is 121 Å². The van der Waals surface area contributed by atoms with Gasteiger partial charge in [-0.15, -0.1) is 0 Å². The molecule has 1 saturated heterocycles. The second-order valence-electron chi connectivity index (χ2n) is 5.86. The lowest BCUT2D eigenvalue weighted by Crippen LogP contribution is -2.28. The third-order valence-electron chi connectivity index (χ3n) is 4.20. The fourth-order valence-corrected chi connectivity index (χ4v) is 3.05. The van der Waals surface area contributed by atoms with E-state index in [9.17, 15) is 0 Å². The molecule has 0 unspecified atom stereocenters. The van der Waals surface area contributed by atoms with Gasteiger partial charge < -0.3 is 5.73 Å². The zero-order chi connectivity index (χ0) is 13.9. The normalized spacial score (nSPS) is 23.1. The van der Waals surface area contributed by atoms with E-state index in [2.05, 4.69) is 66.4 Å². The minimum atomic E-state index is 0.237. The van der Waals surface area contributed by atoms with Crippen molar-refractivity contribution in [1.29, 1.82) is 0 Å². The molecule has 2 aromatic carbocycles. The number of likely N-dealkylation sites (tertiary alicyclic amines) is 1. The summed E-state index contributed by atoms with van der Waals surface area (Å²) in [6, 6.07) is 19.7. The van der Waals surface area contributed by atoms with Crippen molar-refractivity contribution < 1.29 is 0 Å². The van der Waals surface area contributed by atoms with Crippen molar-refractivity contribution in [2.24, 2.45) is 5.73 Å². The molecule has 1 aliphatic heterocycles. The van der Waals surface area contributed by atoms with Crippen molar-refractivity contribution in [1.82, 2.24) is 4.90 Å². The lowest BCUT2D eigenvalue weighted by molar-refractivity contribution is 0.324. The number of nitrogens with two attached hydrogens (primary N) is 1. The van der Waals surface area contributed by atoms with Crippen molar-refractivity contribution in [2.75, 3.05) is 13.1 Å². The largest absolute Gasteiger partial charge is 0.326 e. The van der Waals surface area contributed by atoms with Gasteiger partial charge in [0.15, 0.2) is 0 Å². The molecular weight excluding hydrogens is 244 g/mol. The molecule has 0 bridgehead atoms. The first-order valence-electron chi connectivity index (χ1n) is 7.31. The quantitative estimate of drug-likeness (QED) is 0.925. The average Bonchev–Trinajstić information content (AvgIpc) is 2.81. The van der Waals surface area contributed by atoms with Crippen LogP contribution in [0.15, 0.2) is 54.6 Å². The molecule has 2 atom stereocenters. The maximum atomic E-state index is 6.35. The predicted molar refractivity (Wildman–Crippen MR) is 83.6 cm³/mol. The van der Waals surface area contributed by atoms with Crippen molar-refractivity contribution >= 4 is 0 Å². The molecule has 0 aliphatic carbocycles. The van der Waals surface area contributed by atoms with Gasteiger partial charge in [0.05, 0.1) is 0 Å². The van der Waals surface area contributed by atoms with Crippen molar-refractivity contribution in [3.63, 3.8) is 0 Å². The highest BCUT2D eigenvalue weighted by Gasteiger charge is 2.30. The monoisotopic (exact) mass is 266 g/mol. The van der Waals surface area contributed by atoms with Gasteiger partial charge in [0.1, 0.15) is 0 Å². The standard InChI is InChI=1S/C18H22N2/c1-14-7-9-16(10-8-14)17-12-20(13-18(17)19)11-15-5-3-2-4-6-15/h2-10,17-18H,11-13,19H2,1H3/t17-,18+/m1/s1. The van der Waals surface area contributed by atoms with Gasteiger partial charge in [0.25, 0.3) is 0 Å². The van der Waals surface area contributed by atoms with Gasteiger partial charge >= 0.3 is 0 Å². The first-order valence-corrected chi connectivity index (χ1v) is 7.31. The Morgan fingerprint density at radius 3 is 2.40 bits per heavy atom. The Morgan fingerprint density at radius 1 is 1.00 bits per heavy atom. The second kappa shape index (κ2) is 5.78. The van der Waals surface area contributed by atoms with Gasteiger partial charge in [-0.3, -0.25) is 4.90 Å². The molecule has 2 nitrogen and oxygen atoms in total. The predicted octanol–water partition coefficient (Wildman–Crippen LogP) is 2.92. The highest BCUT2D eigenvalue weighted by atomic mass is 15.2. The van der Waals surface area contributed by atoms with E-state index in [1.54, 1.807) is 0 Å². The molecule has 2 aromatic rings. The van der Waals surface area contributed by atoms with Crippen LogP contribution in [0.3, 0.4) is 0 Å². The molecular formula is C18H22N2. The third-order valence-corrected chi connectivity index (χ3v) is 4.20. The first-order chi connectivity index (χ1) is 9.72. The Morgan fingerprint density at radius 2 is 1.70 bits per heavy atom. The minimum absolute atomic E-state index is 0.237. The highest BCUT2D eigenvalue weighted by Crippen LogP contribution is 2.27. The Hall–Kier alpha value is -1.64. The third kappa shape index (κ3) is 2.92. The van der Waals surface area contributed by atoms with Crippen molar-refractivity contribution in [3.8, 4) is 0 Å². The fraction of sp³-hybridized carbons (Fsp3) is 0.333. The van der Waals surface area contributed by atoms with E-state index in [0.29, 0.717) is 5.92 Å². The van der Waals surface area contributed by atoms with E-state index in [4.69, 9.17) is 5.73 Å². The van der Waals surface area contributed by atoms with Gasteiger partial charge in [0, 0.05) is 31.6 Å². The van der Waals surface area contributed by atoms with Gasteiger partial charge in [-0.2, -0.15) is 0 Å².